The van der Waals surface area contributed by atoms with Gasteiger partial charge in [-0.2, -0.15) is 14.3 Å². The van der Waals surface area contributed by atoms with Gasteiger partial charge in [0.2, 0.25) is 10.0 Å². The maximum absolute atomic E-state index is 12.6. The lowest BCUT2D eigenvalue weighted by atomic mass is 9.99. The molecular formula is C30H37BrN6O3S. The molecule has 0 radical (unpaired) electrons. The molecule has 218 valence electrons. The van der Waals surface area contributed by atoms with E-state index in [0.29, 0.717) is 51.4 Å². The van der Waals surface area contributed by atoms with Crippen LogP contribution in [0.3, 0.4) is 0 Å². The molecule has 0 bridgehead atoms. The van der Waals surface area contributed by atoms with Gasteiger partial charge in [-0.1, -0.05) is 36.9 Å². The van der Waals surface area contributed by atoms with Crippen LogP contribution in [0.5, 0.6) is 6.01 Å². The minimum Gasteiger partial charge on any atom is -0.462 e. The summed E-state index contributed by atoms with van der Waals surface area (Å²) in [6, 6.07) is 13.7. The Bertz CT molecular complexity index is 1570. The molecule has 3 aromatic rings. The van der Waals surface area contributed by atoms with E-state index in [1.54, 1.807) is 0 Å². The van der Waals surface area contributed by atoms with E-state index in [4.69, 9.17) is 14.7 Å². The first-order valence-corrected chi connectivity index (χ1v) is 16.5. The predicted octanol–water partition coefficient (Wildman–Crippen LogP) is 4.29. The molecular weight excluding hydrogens is 604 g/mol. The fourth-order valence-electron chi connectivity index (χ4n) is 6.33. The lowest BCUT2D eigenvalue weighted by molar-refractivity contribution is 0.187. The molecule has 4 heterocycles. The highest BCUT2D eigenvalue weighted by Crippen LogP contribution is 2.36. The molecule has 0 unspecified atom stereocenters. The van der Waals surface area contributed by atoms with Gasteiger partial charge in [0.25, 0.3) is 0 Å². The fraction of sp³-hybridized carbons (Fsp3) is 0.467. The molecule has 6 rings (SSSR count). The van der Waals surface area contributed by atoms with E-state index in [0.717, 1.165) is 43.0 Å². The molecule has 3 aliphatic rings. The highest BCUT2D eigenvalue weighted by Gasteiger charge is 2.32. The number of aryl methyl sites for hydroxylation is 1. The van der Waals surface area contributed by atoms with Gasteiger partial charge in [0.15, 0.2) is 0 Å². The number of anilines is 2. The van der Waals surface area contributed by atoms with Crippen LogP contribution >= 0.6 is 15.9 Å². The molecule has 1 atom stereocenters. The second kappa shape index (κ2) is 11.5. The summed E-state index contributed by atoms with van der Waals surface area (Å²) in [4.78, 5) is 16.8. The van der Waals surface area contributed by atoms with Crippen molar-refractivity contribution in [1.82, 2.24) is 19.2 Å². The highest BCUT2D eigenvalue weighted by molar-refractivity contribution is 9.13. The van der Waals surface area contributed by atoms with Gasteiger partial charge in [0, 0.05) is 55.4 Å². The molecule has 0 spiro atoms. The number of hydrogen-bond donors (Lipinski definition) is 0. The molecule has 2 aromatic carbocycles. The number of likely N-dealkylation sites (tertiary alicyclic amines) is 1. The van der Waals surface area contributed by atoms with Crippen molar-refractivity contribution in [1.29, 1.82) is 0 Å². The number of sulfonamides is 1. The Balaban J connectivity index is 1.31. The van der Waals surface area contributed by atoms with Crippen molar-refractivity contribution < 1.29 is 13.2 Å². The number of halogens is 1. The number of piperazine rings is 1. The largest absolute Gasteiger partial charge is 0.462 e. The van der Waals surface area contributed by atoms with E-state index in [1.165, 1.54) is 32.7 Å². The van der Waals surface area contributed by atoms with Gasteiger partial charge in [-0.25, -0.2) is 8.42 Å². The lowest BCUT2D eigenvalue weighted by Gasteiger charge is -2.37. The van der Waals surface area contributed by atoms with Gasteiger partial charge in [0.1, 0.15) is 16.2 Å². The Labute approximate surface area is 251 Å². The average Bonchev–Trinajstić information content (AvgIpc) is 3.39. The SMILES string of the molecule is C=C(Br)S(=O)(=O)N1CCN(c2nc(OC[C@@H]3CCCN3C)nc3c2CCN(c2cccc4cccc(C)c24)C3)CC1. The van der Waals surface area contributed by atoms with Crippen LogP contribution in [0.2, 0.25) is 0 Å². The zero-order chi connectivity index (χ0) is 28.7. The van der Waals surface area contributed by atoms with E-state index < -0.39 is 10.0 Å². The topological polar surface area (TPSA) is 82.1 Å². The molecule has 0 amide bonds. The Hall–Kier alpha value is -2.73. The summed E-state index contributed by atoms with van der Waals surface area (Å²) in [5.74, 6) is 0.869. The second-order valence-corrected chi connectivity index (χ2v) is 14.7. The summed E-state index contributed by atoms with van der Waals surface area (Å²) in [5, 5.41) is 2.51. The highest BCUT2D eigenvalue weighted by atomic mass is 79.9. The normalized spacial score (nSPS) is 20.4. The summed E-state index contributed by atoms with van der Waals surface area (Å²) in [6.07, 6.45) is 3.08. The molecule has 9 nitrogen and oxygen atoms in total. The van der Waals surface area contributed by atoms with Gasteiger partial charge in [-0.15, -0.1) is 0 Å². The Morgan fingerprint density at radius 1 is 1.05 bits per heavy atom. The molecule has 3 aliphatic heterocycles. The monoisotopic (exact) mass is 640 g/mol. The van der Waals surface area contributed by atoms with E-state index in [-0.39, 0.29) is 3.81 Å². The van der Waals surface area contributed by atoms with Crippen LogP contribution < -0.4 is 14.5 Å². The minimum absolute atomic E-state index is 0.00537. The van der Waals surface area contributed by atoms with Crippen LogP contribution in [0.4, 0.5) is 11.5 Å². The first-order valence-electron chi connectivity index (χ1n) is 14.3. The summed E-state index contributed by atoms with van der Waals surface area (Å²) < 4.78 is 33.0. The second-order valence-electron chi connectivity index (χ2n) is 11.2. The number of benzene rings is 2. The van der Waals surface area contributed by atoms with Crippen molar-refractivity contribution in [3.05, 3.63) is 63.6 Å². The number of rotatable bonds is 7. The number of ether oxygens (including phenoxy) is 1. The summed E-state index contributed by atoms with van der Waals surface area (Å²) in [6.45, 7) is 10.7. The minimum atomic E-state index is -3.55. The molecule has 0 saturated carbocycles. The number of fused-ring (bicyclic) bond motifs is 2. The quantitative estimate of drug-likeness (QED) is 0.378. The van der Waals surface area contributed by atoms with E-state index in [2.05, 4.69) is 87.6 Å². The summed E-state index contributed by atoms with van der Waals surface area (Å²) in [7, 11) is -1.42. The van der Waals surface area contributed by atoms with Crippen molar-refractivity contribution in [2.24, 2.45) is 0 Å². The van der Waals surface area contributed by atoms with Crippen LogP contribution in [-0.4, -0.2) is 86.6 Å². The van der Waals surface area contributed by atoms with Gasteiger partial charge in [-0.05, 0) is 72.7 Å². The summed E-state index contributed by atoms with van der Waals surface area (Å²) in [5.41, 5.74) is 4.58. The van der Waals surface area contributed by atoms with Crippen molar-refractivity contribution in [3.8, 4) is 6.01 Å². The van der Waals surface area contributed by atoms with Crippen LogP contribution in [0, 0.1) is 6.92 Å². The van der Waals surface area contributed by atoms with Crippen molar-refractivity contribution in [3.63, 3.8) is 0 Å². The van der Waals surface area contributed by atoms with E-state index in [9.17, 15) is 8.42 Å². The molecule has 11 heteroatoms. The van der Waals surface area contributed by atoms with Crippen LogP contribution in [0.1, 0.15) is 29.7 Å². The van der Waals surface area contributed by atoms with Crippen molar-refractivity contribution in [2.45, 2.75) is 38.8 Å². The van der Waals surface area contributed by atoms with Gasteiger partial charge < -0.3 is 19.4 Å². The first kappa shape index (κ1) is 28.4. The molecule has 0 aliphatic carbocycles. The third-order valence-corrected chi connectivity index (χ3v) is 11.5. The van der Waals surface area contributed by atoms with Crippen LogP contribution in [-0.2, 0) is 23.0 Å². The molecule has 2 fully saturated rings. The third-order valence-electron chi connectivity index (χ3n) is 8.69. The maximum Gasteiger partial charge on any atom is 0.318 e. The summed E-state index contributed by atoms with van der Waals surface area (Å²) >= 11 is 3.06. The van der Waals surface area contributed by atoms with Gasteiger partial charge >= 0.3 is 6.01 Å². The molecule has 1 aromatic heterocycles. The first-order chi connectivity index (χ1) is 19.7. The van der Waals surface area contributed by atoms with Crippen molar-refractivity contribution in [2.75, 3.05) is 62.7 Å². The number of nitrogens with zero attached hydrogens (tertiary/aromatic N) is 6. The van der Waals surface area contributed by atoms with Crippen molar-refractivity contribution >= 4 is 48.2 Å². The Morgan fingerprint density at radius 3 is 2.51 bits per heavy atom. The molecule has 0 N–H and O–H groups in total. The Morgan fingerprint density at radius 2 is 1.80 bits per heavy atom. The van der Waals surface area contributed by atoms with Crippen LogP contribution in [0.25, 0.3) is 10.8 Å². The molecule has 41 heavy (non-hydrogen) atoms. The number of hydrogen-bond acceptors (Lipinski definition) is 8. The fourth-order valence-corrected chi connectivity index (χ4v) is 7.87. The van der Waals surface area contributed by atoms with Gasteiger partial charge in [-0.3, -0.25) is 0 Å². The lowest BCUT2D eigenvalue weighted by Crippen LogP contribution is -2.49. The predicted molar refractivity (Wildman–Crippen MR) is 167 cm³/mol. The van der Waals surface area contributed by atoms with Crippen LogP contribution in [0.15, 0.2) is 46.8 Å². The standard InChI is InChI=1S/C30H37BrN6O3S/c1-21-7-4-8-23-9-5-11-27(28(21)23)36-14-12-25-26(19-36)32-30(40-20-24-10-6-13-34(24)3)33-29(25)35-15-17-37(18-16-35)41(38,39)22(2)31/h4-5,7-9,11,24H,2,6,10,12-20H2,1,3H3/t24-/m0/s1. The number of likely N-dealkylation sites (N-methyl/N-ethyl adjacent to an activating group) is 1. The molecule has 2 saturated heterocycles. The van der Waals surface area contributed by atoms with Gasteiger partial charge in [0.05, 0.1) is 12.2 Å². The average molecular weight is 642 g/mol. The third kappa shape index (κ3) is 5.57. The smallest absolute Gasteiger partial charge is 0.318 e. The van der Waals surface area contributed by atoms with E-state index in [1.807, 2.05) is 0 Å². The zero-order valence-corrected chi connectivity index (χ0v) is 26.1. The number of aromatic nitrogens is 2. The Kier molecular flexibility index (Phi) is 7.97. The van der Waals surface area contributed by atoms with E-state index >= 15 is 0 Å². The zero-order valence-electron chi connectivity index (χ0n) is 23.7. The maximum atomic E-state index is 12.6.